The number of rotatable bonds is 15. The van der Waals surface area contributed by atoms with Gasteiger partial charge in [0.1, 0.15) is 5.75 Å². The van der Waals surface area contributed by atoms with Crippen LogP contribution in [0.15, 0.2) is 24.3 Å². The molecule has 0 aromatic heterocycles. The molecule has 1 heterocycles. The number of hydrogen-bond acceptors (Lipinski definition) is 4. The molecule has 0 saturated carbocycles. The van der Waals surface area contributed by atoms with Gasteiger partial charge in [-0.3, -0.25) is 0 Å². The van der Waals surface area contributed by atoms with E-state index in [0.29, 0.717) is 19.3 Å². The Bertz CT molecular complexity index is 559. The van der Waals surface area contributed by atoms with E-state index < -0.39 is 11.9 Å². The number of phenols is 1. The summed E-state index contributed by atoms with van der Waals surface area (Å²) in [6.07, 6.45) is 16.9. The number of aromatic hydroxyl groups is 1. The molecule has 0 aliphatic carbocycles. The Hall–Kier alpha value is -1.10. The van der Waals surface area contributed by atoms with Crippen LogP contribution >= 0.6 is 0 Å². The first-order valence-corrected chi connectivity index (χ1v) is 12.4. The fraction of sp³-hybridized carbons (Fsp3) is 0.769. The number of aryl methyl sites for hydroxylation is 1. The summed E-state index contributed by atoms with van der Waals surface area (Å²) in [6.45, 7) is 2.26. The average Bonchev–Trinajstić information content (AvgIpc) is 2.71. The molecule has 1 fully saturated rings. The van der Waals surface area contributed by atoms with E-state index in [1.807, 2.05) is 12.1 Å². The third kappa shape index (κ3) is 10.3. The van der Waals surface area contributed by atoms with Crippen LogP contribution in [0.3, 0.4) is 0 Å². The van der Waals surface area contributed by atoms with Gasteiger partial charge in [0.05, 0.1) is 12.2 Å². The third-order valence-corrected chi connectivity index (χ3v) is 6.35. The first-order chi connectivity index (χ1) is 14.5. The lowest BCUT2D eigenvalue weighted by atomic mass is 9.91. The number of ether oxygens (including phenoxy) is 1. The second kappa shape index (κ2) is 14.1. The van der Waals surface area contributed by atoms with E-state index in [2.05, 4.69) is 6.92 Å². The van der Waals surface area contributed by atoms with Crippen molar-refractivity contribution in [3.8, 4) is 5.75 Å². The van der Waals surface area contributed by atoms with Gasteiger partial charge in [-0.15, -0.1) is 0 Å². The summed E-state index contributed by atoms with van der Waals surface area (Å²) in [5.74, 6) is -1.01. The fourth-order valence-electron chi connectivity index (χ4n) is 4.54. The molecule has 4 heteroatoms. The van der Waals surface area contributed by atoms with E-state index in [-0.39, 0.29) is 18.3 Å². The molecule has 0 bridgehead atoms. The molecule has 172 valence electrons. The molecule has 1 aliphatic heterocycles. The molecule has 0 amide bonds. The van der Waals surface area contributed by atoms with Gasteiger partial charge in [-0.25, -0.2) is 0 Å². The minimum atomic E-state index is -1.25. The lowest BCUT2D eigenvalue weighted by Crippen LogP contribution is -2.46. The minimum absolute atomic E-state index is 0.0582. The summed E-state index contributed by atoms with van der Waals surface area (Å²) in [6, 6.07) is 7.04. The Kier molecular flexibility index (Phi) is 11.8. The summed E-state index contributed by atoms with van der Waals surface area (Å²) in [4.78, 5) is 0. The van der Waals surface area contributed by atoms with E-state index in [4.69, 9.17) is 4.74 Å². The van der Waals surface area contributed by atoms with Gasteiger partial charge < -0.3 is 20.1 Å². The SMILES string of the molecule is CCCCCCCCCCCCC[C@@H]1C[C@H](O)C[C@](O)(CCc2ccc(O)cc2)O1. The van der Waals surface area contributed by atoms with Crippen molar-refractivity contribution >= 4 is 0 Å². The lowest BCUT2D eigenvalue weighted by Gasteiger charge is -2.40. The van der Waals surface area contributed by atoms with Crippen LogP contribution in [-0.2, 0) is 11.2 Å². The van der Waals surface area contributed by atoms with Crippen molar-refractivity contribution in [3.63, 3.8) is 0 Å². The van der Waals surface area contributed by atoms with Gasteiger partial charge in [0, 0.05) is 12.8 Å². The predicted octanol–water partition coefficient (Wildman–Crippen LogP) is 6.25. The van der Waals surface area contributed by atoms with Crippen LogP contribution in [0.5, 0.6) is 5.75 Å². The molecule has 0 radical (unpaired) electrons. The molecule has 1 aliphatic rings. The molecule has 30 heavy (non-hydrogen) atoms. The summed E-state index contributed by atoms with van der Waals surface area (Å²) >= 11 is 0. The van der Waals surface area contributed by atoms with Crippen LogP contribution < -0.4 is 0 Å². The van der Waals surface area contributed by atoms with Gasteiger partial charge in [-0.05, 0) is 37.0 Å². The van der Waals surface area contributed by atoms with E-state index in [1.54, 1.807) is 12.1 Å². The number of unbranched alkanes of at least 4 members (excludes halogenated alkanes) is 10. The molecular weight excluding hydrogens is 376 g/mol. The second-order valence-corrected chi connectivity index (χ2v) is 9.27. The molecule has 4 nitrogen and oxygen atoms in total. The van der Waals surface area contributed by atoms with Crippen LogP contribution in [0.25, 0.3) is 0 Å². The smallest absolute Gasteiger partial charge is 0.168 e. The Morgan fingerprint density at radius 1 is 0.900 bits per heavy atom. The first-order valence-electron chi connectivity index (χ1n) is 12.4. The zero-order valence-corrected chi connectivity index (χ0v) is 19.0. The highest BCUT2D eigenvalue weighted by Crippen LogP contribution is 2.33. The second-order valence-electron chi connectivity index (χ2n) is 9.27. The Balaban J connectivity index is 1.58. The van der Waals surface area contributed by atoms with Crippen molar-refractivity contribution in [2.75, 3.05) is 0 Å². The average molecular weight is 421 g/mol. The van der Waals surface area contributed by atoms with Crippen molar-refractivity contribution in [3.05, 3.63) is 29.8 Å². The van der Waals surface area contributed by atoms with E-state index in [9.17, 15) is 15.3 Å². The van der Waals surface area contributed by atoms with Gasteiger partial charge in [-0.2, -0.15) is 0 Å². The van der Waals surface area contributed by atoms with Crippen molar-refractivity contribution in [2.24, 2.45) is 0 Å². The molecule has 1 aromatic rings. The maximum absolute atomic E-state index is 10.9. The minimum Gasteiger partial charge on any atom is -0.508 e. The van der Waals surface area contributed by atoms with E-state index >= 15 is 0 Å². The number of aliphatic hydroxyl groups is 2. The topological polar surface area (TPSA) is 69.9 Å². The highest BCUT2D eigenvalue weighted by molar-refractivity contribution is 5.26. The van der Waals surface area contributed by atoms with Gasteiger partial charge in [0.25, 0.3) is 0 Å². The lowest BCUT2D eigenvalue weighted by molar-refractivity contribution is -0.275. The number of benzene rings is 1. The maximum atomic E-state index is 10.9. The van der Waals surface area contributed by atoms with Crippen molar-refractivity contribution in [1.29, 1.82) is 0 Å². The fourth-order valence-corrected chi connectivity index (χ4v) is 4.54. The molecule has 1 saturated heterocycles. The monoisotopic (exact) mass is 420 g/mol. The van der Waals surface area contributed by atoms with Crippen LogP contribution in [0.4, 0.5) is 0 Å². The van der Waals surface area contributed by atoms with Crippen molar-refractivity contribution in [1.82, 2.24) is 0 Å². The largest absolute Gasteiger partial charge is 0.508 e. The zero-order valence-electron chi connectivity index (χ0n) is 19.0. The summed E-state index contributed by atoms with van der Waals surface area (Å²) in [5.41, 5.74) is 1.05. The number of aliphatic hydroxyl groups excluding tert-OH is 1. The Labute approximate surface area is 183 Å². The van der Waals surface area contributed by atoms with E-state index in [1.165, 1.54) is 64.2 Å². The quantitative estimate of drug-likeness (QED) is 0.293. The van der Waals surface area contributed by atoms with Gasteiger partial charge in [0.15, 0.2) is 5.79 Å². The van der Waals surface area contributed by atoms with Crippen LogP contribution in [-0.4, -0.2) is 33.3 Å². The summed E-state index contributed by atoms with van der Waals surface area (Å²) < 4.78 is 6.03. The van der Waals surface area contributed by atoms with Gasteiger partial charge >= 0.3 is 0 Å². The Morgan fingerprint density at radius 2 is 1.47 bits per heavy atom. The molecule has 1 aromatic carbocycles. The molecule has 3 N–H and O–H groups in total. The van der Waals surface area contributed by atoms with Crippen LogP contribution in [0, 0.1) is 0 Å². The van der Waals surface area contributed by atoms with Crippen LogP contribution in [0.1, 0.15) is 109 Å². The van der Waals surface area contributed by atoms with Gasteiger partial charge in [0.2, 0.25) is 0 Å². The number of phenolic OH excluding ortho intramolecular Hbond substituents is 1. The van der Waals surface area contributed by atoms with Gasteiger partial charge in [-0.1, -0.05) is 89.7 Å². The molecule has 2 rings (SSSR count). The maximum Gasteiger partial charge on any atom is 0.168 e. The zero-order chi connectivity index (χ0) is 21.7. The molecular formula is C26H44O4. The van der Waals surface area contributed by atoms with E-state index in [0.717, 1.165) is 18.4 Å². The first kappa shape index (κ1) is 25.2. The Morgan fingerprint density at radius 3 is 2.07 bits per heavy atom. The molecule has 0 spiro atoms. The van der Waals surface area contributed by atoms with Crippen LogP contribution in [0.2, 0.25) is 0 Å². The third-order valence-electron chi connectivity index (χ3n) is 6.35. The number of hydrogen-bond donors (Lipinski definition) is 3. The molecule has 0 unspecified atom stereocenters. The highest BCUT2D eigenvalue weighted by Gasteiger charge is 2.38. The normalized spacial score (nSPS) is 24.2. The summed E-state index contributed by atoms with van der Waals surface area (Å²) in [7, 11) is 0. The van der Waals surface area contributed by atoms with Crippen molar-refractivity contribution in [2.45, 2.75) is 128 Å². The van der Waals surface area contributed by atoms with Crippen molar-refractivity contribution < 1.29 is 20.1 Å². The predicted molar refractivity (Wildman–Crippen MR) is 123 cm³/mol. The highest BCUT2D eigenvalue weighted by atomic mass is 16.6. The standard InChI is InChI=1S/C26H44O4/c1-2-3-4-5-6-7-8-9-10-11-12-13-25-20-24(28)21-26(29,30-25)19-18-22-14-16-23(27)17-15-22/h14-17,24-25,27-29H,2-13,18-21H2,1H3/t24-,25+,26-/m0/s1. The summed E-state index contributed by atoms with van der Waals surface area (Å²) in [5, 5.41) is 30.5. The molecule has 3 atom stereocenters.